The van der Waals surface area contributed by atoms with Crippen LogP contribution in [0, 0.1) is 0 Å². The van der Waals surface area contributed by atoms with Crippen molar-refractivity contribution in [1.82, 2.24) is 4.98 Å². The number of pyridine rings is 1. The normalized spacial score (nSPS) is 9.33. The zero-order chi connectivity index (χ0) is 7.68. The molecule has 12 heavy (non-hydrogen) atoms. The predicted molar refractivity (Wildman–Crippen MR) is 43.4 cm³/mol. The fraction of sp³-hybridized carbons (Fsp3) is 0. The van der Waals surface area contributed by atoms with Crippen LogP contribution in [0.1, 0.15) is 0 Å². The minimum atomic E-state index is 0. The largest absolute Gasteiger partial charge is 0.506 e. The third kappa shape index (κ3) is 1.42. The molecule has 65 valence electrons. The van der Waals surface area contributed by atoms with Gasteiger partial charge in [-0.05, 0) is 12.1 Å². The summed E-state index contributed by atoms with van der Waals surface area (Å²) in [7, 11) is 0. The molecule has 0 saturated carbocycles. The summed E-state index contributed by atoms with van der Waals surface area (Å²) in [4.78, 5) is 4.03. The molecule has 2 rings (SSSR count). The summed E-state index contributed by atoms with van der Waals surface area (Å²) in [6.45, 7) is 0. The maximum Gasteiger partial charge on any atom is 0.141 e. The number of hydrogen-bond acceptors (Lipinski definition) is 2. The summed E-state index contributed by atoms with van der Waals surface area (Å²) in [5.74, 6) is 0.239. The van der Waals surface area contributed by atoms with E-state index in [2.05, 4.69) is 4.98 Å². The van der Waals surface area contributed by atoms with Crippen LogP contribution in [0.5, 0.6) is 5.75 Å². The first-order chi connectivity index (χ1) is 5.38. The second kappa shape index (κ2) is 3.57. The van der Waals surface area contributed by atoms with Crippen LogP contribution in [0.4, 0.5) is 0 Å². The zero-order valence-electron chi connectivity index (χ0n) is 6.16. The third-order valence-corrected chi connectivity index (χ3v) is 1.61. The summed E-state index contributed by atoms with van der Waals surface area (Å²) in [6, 6.07) is 9.13. The standard InChI is InChI=1S/C9H7NO.Cu/c11-8-5-1-3-7-4-2-6-10-9(7)8;/h1-6,11H;. The van der Waals surface area contributed by atoms with E-state index in [0.717, 1.165) is 5.39 Å². The van der Waals surface area contributed by atoms with Crippen molar-refractivity contribution in [1.29, 1.82) is 0 Å². The van der Waals surface area contributed by atoms with E-state index >= 15 is 0 Å². The maximum absolute atomic E-state index is 9.31. The van der Waals surface area contributed by atoms with Crippen molar-refractivity contribution < 1.29 is 22.2 Å². The number of aromatic hydroxyl groups is 1. The molecule has 0 aliphatic rings. The molecule has 0 amide bonds. The van der Waals surface area contributed by atoms with E-state index in [4.69, 9.17) is 0 Å². The molecule has 0 unspecified atom stereocenters. The van der Waals surface area contributed by atoms with Crippen LogP contribution in [0.3, 0.4) is 0 Å². The van der Waals surface area contributed by atoms with Crippen molar-refractivity contribution >= 4 is 10.9 Å². The maximum atomic E-state index is 9.31. The van der Waals surface area contributed by atoms with E-state index in [0.29, 0.717) is 5.52 Å². The average molecular weight is 209 g/mol. The molecule has 2 aromatic rings. The smallest absolute Gasteiger partial charge is 0.141 e. The summed E-state index contributed by atoms with van der Waals surface area (Å²) >= 11 is 0. The third-order valence-electron chi connectivity index (χ3n) is 1.61. The van der Waals surface area contributed by atoms with E-state index in [1.807, 2.05) is 18.2 Å². The molecule has 1 radical (unpaired) electrons. The summed E-state index contributed by atoms with van der Waals surface area (Å²) in [6.07, 6.45) is 1.67. The molecule has 0 bridgehead atoms. The Hall–Kier alpha value is -1.05. The fourth-order valence-corrected chi connectivity index (χ4v) is 1.09. The number of benzene rings is 1. The molecule has 1 aromatic heterocycles. The van der Waals surface area contributed by atoms with Gasteiger partial charge in [-0.1, -0.05) is 18.2 Å². The molecule has 2 nitrogen and oxygen atoms in total. The number of phenols is 1. The monoisotopic (exact) mass is 208 g/mol. The topological polar surface area (TPSA) is 33.1 Å². The van der Waals surface area contributed by atoms with E-state index < -0.39 is 0 Å². The molecule has 1 aromatic carbocycles. The van der Waals surface area contributed by atoms with Crippen LogP contribution in [-0.4, -0.2) is 10.1 Å². The van der Waals surface area contributed by atoms with Crippen LogP contribution in [0.2, 0.25) is 0 Å². The van der Waals surface area contributed by atoms with Crippen LogP contribution in [-0.2, 0) is 17.1 Å². The molecule has 0 atom stereocenters. The van der Waals surface area contributed by atoms with Crippen molar-refractivity contribution in [3.8, 4) is 5.75 Å². The van der Waals surface area contributed by atoms with Crippen LogP contribution >= 0.6 is 0 Å². The predicted octanol–water partition coefficient (Wildman–Crippen LogP) is 1.94. The molecule has 0 aliphatic carbocycles. The SMILES string of the molecule is Oc1cccc2cccnc12.[Cu]. The van der Waals surface area contributed by atoms with Gasteiger partial charge in [-0.25, -0.2) is 0 Å². The minimum Gasteiger partial charge on any atom is -0.506 e. The number of aromatic nitrogens is 1. The van der Waals surface area contributed by atoms with Crippen molar-refractivity contribution in [2.45, 2.75) is 0 Å². The Labute approximate surface area is 80.7 Å². The molecule has 1 N–H and O–H groups in total. The van der Waals surface area contributed by atoms with Gasteiger partial charge in [0, 0.05) is 28.7 Å². The molecule has 3 heteroatoms. The van der Waals surface area contributed by atoms with Crippen molar-refractivity contribution in [2.75, 3.05) is 0 Å². The second-order valence-corrected chi connectivity index (χ2v) is 2.35. The Morgan fingerprint density at radius 1 is 1.08 bits per heavy atom. The van der Waals surface area contributed by atoms with E-state index in [1.165, 1.54) is 0 Å². The Bertz CT molecular complexity index is 384. The number of hydrogen-bond donors (Lipinski definition) is 1. The average Bonchev–Trinajstić information content (AvgIpc) is 2.06. The first kappa shape index (κ1) is 9.04. The van der Waals surface area contributed by atoms with Crippen molar-refractivity contribution in [3.63, 3.8) is 0 Å². The van der Waals surface area contributed by atoms with Crippen LogP contribution < -0.4 is 0 Å². The number of rotatable bonds is 0. The van der Waals surface area contributed by atoms with Gasteiger partial charge in [0.2, 0.25) is 0 Å². The Morgan fingerprint density at radius 3 is 2.58 bits per heavy atom. The number of nitrogens with zero attached hydrogens (tertiary/aromatic N) is 1. The molecule has 0 spiro atoms. The molecular weight excluding hydrogens is 202 g/mol. The molecule has 0 aliphatic heterocycles. The minimum absolute atomic E-state index is 0. The van der Waals surface area contributed by atoms with Gasteiger partial charge in [0.15, 0.2) is 0 Å². The van der Waals surface area contributed by atoms with Gasteiger partial charge < -0.3 is 5.11 Å². The van der Waals surface area contributed by atoms with Gasteiger partial charge in [-0.3, -0.25) is 4.98 Å². The molecule has 0 saturated heterocycles. The first-order valence-electron chi connectivity index (χ1n) is 3.40. The van der Waals surface area contributed by atoms with Gasteiger partial charge in [0.05, 0.1) is 0 Å². The van der Waals surface area contributed by atoms with E-state index in [-0.39, 0.29) is 22.8 Å². The van der Waals surface area contributed by atoms with Gasteiger partial charge in [0.25, 0.3) is 0 Å². The molecule has 1 heterocycles. The number of fused-ring (bicyclic) bond motifs is 1. The van der Waals surface area contributed by atoms with Crippen LogP contribution in [0.25, 0.3) is 10.9 Å². The van der Waals surface area contributed by atoms with Crippen LogP contribution in [0.15, 0.2) is 36.5 Å². The van der Waals surface area contributed by atoms with Gasteiger partial charge in [0.1, 0.15) is 11.3 Å². The summed E-state index contributed by atoms with van der Waals surface area (Å²) in [5.41, 5.74) is 0.662. The van der Waals surface area contributed by atoms with Gasteiger partial charge in [-0.15, -0.1) is 0 Å². The quantitative estimate of drug-likeness (QED) is 0.672. The Morgan fingerprint density at radius 2 is 1.83 bits per heavy atom. The van der Waals surface area contributed by atoms with E-state index in [1.54, 1.807) is 18.3 Å². The van der Waals surface area contributed by atoms with Crippen molar-refractivity contribution in [3.05, 3.63) is 36.5 Å². The van der Waals surface area contributed by atoms with E-state index in [9.17, 15) is 5.11 Å². The first-order valence-corrected chi connectivity index (χ1v) is 3.40. The fourth-order valence-electron chi connectivity index (χ4n) is 1.09. The molecule has 0 fully saturated rings. The van der Waals surface area contributed by atoms with Gasteiger partial charge in [-0.2, -0.15) is 0 Å². The number of para-hydroxylation sites is 1. The van der Waals surface area contributed by atoms with Gasteiger partial charge >= 0.3 is 0 Å². The van der Waals surface area contributed by atoms with Crippen molar-refractivity contribution in [2.24, 2.45) is 0 Å². The summed E-state index contributed by atoms with van der Waals surface area (Å²) < 4.78 is 0. The summed E-state index contributed by atoms with van der Waals surface area (Å²) in [5, 5.41) is 10.3. The zero-order valence-corrected chi connectivity index (χ0v) is 7.10. The molecular formula is C9H7CuNO. The second-order valence-electron chi connectivity index (χ2n) is 2.35. The Kier molecular flexibility index (Phi) is 2.69. The number of phenolic OH excluding ortho intramolecular Hbond substituents is 1. The Balaban J connectivity index is 0.000000720.